The molecule has 11 heteroatoms. The number of halogens is 1. The fourth-order valence-electron chi connectivity index (χ4n) is 2.39. The summed E-state index contributed by atoms with van der Waals surface area (Å²) in [5.41, 5.74) is 4.82. The van der Waals surface area contributed by atoms with E-state index in [1.54, 1.807) is 30.3 Å². The topological polar surface area (TPSA) is 138 Å². The molecule has 3 N–H and O–H groups in total. The number of hydrazone groups is 1. The van der Waals surface area contributed by atoms with E-state index in [4.69, 9.17) is 16.7 Å². The van der Waals surface area contributed by atoms with Crippen molar-refractivity contribution in [2.24, 2.45) is 5.10 Å². The Morgan fingerprint density at radius 2 is 1.79 bits per heavy atom. The molecule has 4 aromatic rings. The van der Waals surface area contributed by atoms with Gasteiger partial charge in [-0.15, -0.1) is 0 Å². The molecule has 2 heterocycles. The lowest BCUT2D eigenvalue weighted by Crippen LogP contribution is -2.03. The number of carboxylic acid groups (broad SMARTS) is 1. The molecule has 0 saturated carbocycles. The first kappa shape index (κ1) is 18.3. The molecule has 0 bridgehead atoms. The molecule has 0 fully saturated rings. The smallest absolute Gasteiger partial charge is 0.335 e. The molecule has 0 saturated heterocycles. The van der Waals surface area contributed by atoms with Gasteiger partial charge in [0.15, 0.2) is 11.6 Å². The van der Waals surface area contributed by atoms with E-state index < -0.39 is 5.97 Å². The molecule has 0 aliphatic rings. The minimum Gasteiger partial charge on any atom is -0.478 e. The Morgan fingerprint density at radius 3 is 2.48 bits per heavy atom. The zero-order valence-corrected chi connectivity index (χ0v) is 15.3. The second-order valence-corrected chi connectivity index (χ2v) is 6.20. The van der Waals surface area contributed by atoms with E-state index in [1.165, 1.54) is 18.3 Å². The Bertz CT molecular complexity index is 1210. The van der Waals surface area contributed by atoms with Crippen LogP contribution in [0.25, 0.3) is 11.3 Å². The second kappa shape index (κ2) is 7.90. The highest BCUT2D eigenvalue weighted by Gasteiger charge is 2.13. The van der Waals surface area contributed by atoms with E-state index in [0.717, 1.165) is 0 Å². The summed E-state index contributed by atoms with van der Waals surface area (Å²) in [7, 11) is 0. The van der Waals surface area contributed by atoms with Crippen LogP contribution in [0.2, 0.25) is 5.02 Å². The zero-order chi connectivity index (χ0) is 20.2. The number of aromatic nitrogens is 4. The van der Waals surface area contributed by atoms with E-state index in [-0.39, 0.29) is 22.7 Å². The van der Waals surface area contributed by atoms with Gasteiger partial charge in [0.2, 0.25) is 11.3 Å². The summed E-state index contributed by atoms with van der Waals surface area (Å²) in [5, 5.41) is 24.1. The van der Waals surface area contributed by atoms with Crippen LogP contribution >= 0.6 is 11.6 Å². The van der Waals surface area contributed by atoms with Crippen molar-refractivity contribution in [3.63, 3.8) is 0 Å². The van der Waals surface area contributed by atoms with Crippen LogP contribution < -0.4 is 10.7 Å². The van der Waals surface area contributed by atoms with Crippen LogP contribution in [0.3, 0.4) is 0 Å². The third-order valence-corrected chi connectivity index (χ3v) is 3.98. The molecule has 144 valence electrons. The van der Waals surface area contributed by atoms with Crippen LogP contribution in [0.4, 0.5) is 17.3 Å². The summed E-state index contributed by atoms with van der Waals surface area (Å²) in [6.45, 7) is 0. The minimum atomic E-state index is -0.992. The highest BCUT2D eigenvalue weighted by Crippen LogP contribution is 2.25. The van der Waals surface area contributed by atoms with Crippen LogP contribution in [0.1, 0.15) is 15.9 Å². The van der Waals surface area contributed by atoms with Gasteiger partial charge in [-0.05, 0) is 46.2 Å². The summed E-state index contributed by atoms with van der Waals surface area (Å²) in [4.78, 5) is 19.5. The normalized spacial score (nSPS) is 11.1. The number of hydrogen-bond acceptors (Lipinski definition) is 9. The zero-order valence-electron chi connectivity index (χ0n) is 14.6. The summed E-state index contributed by atoms with van der Waals surface area (Å²) >= 11 is 6.02. The Kier molecular flexibility index (Phi) is 4.99. The first-order chi connectivity index (χ1) is 14.1. The number of carboxylic acids is 1. The second-order valence-electron chi connectivity index (χ2n) is 5.76. The maximum atomic E-state index is 10.9. The molecule has 2 aromatic heterocycles. The highest BCUT2D eigenvalue weighted by molar-refractivity contribution is 6.30. The molecular formula is C18H12ClN7O3. The van der Waals surface area contributed by atoms with Gasteiger partial charge in [-0.2, -0.15) is 10.1 Å². The Hall–Kier alpha value is -4.05. The van der Waals surface area contributed by atoms with Gasteiger partial charge in [0.25, 0.3) is 0 Å². The van der Waals surface area contributed by atoms with Crippen LogP contribution in [-0.4, -0.2) is 37.6 Å². The van der Waals surface area contributed by atoms with Gasteiger partial charge in [-0.1, -0.05) is 29.8 Å². The third kappa shape index (κ3) is 4.28. The van der Waals surface area contributed by atoms with Crippen molar-refractivity contribution in [2.75, 3.05) is 10.7 Å². The molecule has 0 amide bonds. The number of fused-ring (bicyclic) bond motifs is 1. The van der Waals surface area contributed by atoms with Gasteiger partial charge in [0.05, 0.1) is 11.8 Å². The molecule has 0 radical (unpaired) electrons. The molecule has 0 atom stereocenters. The lowest BCUT2D eigenvalue weighted by atomic mass is 10.1. The number of carbonyl (C=O) groups is 1. The number of hydrogen-bond donors (Lipinski definition) is 3. The van der Waals surface area contributed by atoms with Gasteiger partial charge in [-0.25, -0.2) is 14.4 Å². The average Bonchev–Trinajstić information content (AvgIpc) is 3.16. The fraction of sp³-hybridized carbons (Fsp3) is 0. The molecule has 0 spiro atoms. The van der Waals surface area contributed by atoms with Gasteiger partial charge in [-0.3, -0.25) is 5.43 Å². The molecule has 10 nitrogen and oxygen atoms in total. The Balaban J connectivity index is 1.59. The number of nitrogens with one attached hydrogen (secondary N) is 2. The van der Waals surface area contributed by atoms with E-state index in [0.29, 0.717) is 22.1 Å². The Labute approximate surface area is 168 Å². The van der Waals surface area contributed by atoms with E-state index in [9.17, 15) is 4.79 Å². The first-order valence-corrected chi connectivity index (χ1v) is 8.61. The number of benzene rings is 2. The number of nitrogens with zero attached hydrogens (tertiary/aromatic N) is 5. The number of anilines is 3. The molecule has 0 aliphatic heterocycles. The summed E-state index contributed by atoms with van der Waals surface area (Å²) in [6.07, 6.45) is 1.52. The van der Waals surface area contributed by atoms with Crippen molar-refractivity contribution in [1.82, 2.24) is 20.3 Å². The molecule has 29 heavy (non-hydrogen) atoms. The van der Waals surface area contributed by atoms with Crippen LogP contribution in [0.15, 0.2) is 58.3 Å². The van der Waals surface area contributed by atoms with Crippen LogP contribution in [-0.2, 0) is 0 Å². The van der Waals surface area contributed by atoms with Gasteiger partial charge < -0.3 is 10.4 Å². The van der Waals surface area contributed by atoms with E-state index in [1.807, 2.05) is 6.07 Å². The van der Waals surface area contributed by atoms with Crippen molar-refractivity contribution < 1.29 is 14.5 Å². The molecular weight excluding hydrogens is 398 g/mol. The summed E-state index contributed by atoms with van der Waals surface area (Å²) < 4.78 is 4.66. The van der Waals surface area contributed by atoms with Gasteiger partial charge >= 0.3 is 5.97 Å². The summed E-state index contributed by atoms with van der Waals surface area (Å²) in [5.74, 6) is -0.367. The molecule has 0 aliphatic carbocycles. The quantitative estimate of drug-likeness (QED) is 0.322. The highest BCUT2D eigenvalue weighted by atomic mass is 35.5. The third-order valence-electron chi connectivity index (χ3n) is 3.74. The lowest BCUT2D eigenvalue weighted by molar-refractivity contribution is 0.0697. The van der Waals surface area contributed by atoms with Crippen molar-refractivity contribution in [3.05, 3.63) is 64.7 Å². The van der Waals surface area contributed by atoms with Crippen LogP contribution in [0.5, 0.6) is 0 Å². The fourth-order valence-corrected chi connectivity index (χ4v) is 2.58. The Morgan fingerprint density at radius 1 is 1.07 bits per heavy atom. The standard InChI is InChI=1S/C18H12ClN7O3/c19-12-2-1-3-13(8-12)21-14-15(23-17-16(22-14)25-29-26-17)24-20-9-10-4-6-11(7-5-10)18(27)28/h1-9H,(H,27,28)(H,21,22,25)(H,23,24,26). The van der Waals surface area contributed by atoms with Gasteiger partial charge in [0.1, 0.15) is 0 Å². The predicted molar refractivity (Wildman–Crippen MR) is 107 cm³/mol. The molecule has 0 unspecified atom stereocenters. The van der Waals surface area contributed by atoms with E-state index in [2.05, 4.69) is 40.8 Å². The number of aromatic carboxylic acids is 1. The van der Waals surface area contributed by atoms with E-state index >= 15 is 0 Å². The first-order valence-electron chi connectivity index (χ1n) is 8.24. The largest absolute Gasteiger partial charge is 0.478 e. The average molecular weight is 410 g/mol. The van der Waals surface area contributed by atoms with Crippen LogP contribution in [0, 0.1) is 0 Å². The maximum absolute atomic E-state index is 10.9. The van der Waals surface area contributed by atoms with Crippen molar-refractivity contribution in [3.8, 4) is 0 Å². The van der Waals surface area contributed by atoms with Crippen molar-refractivity contribution in [1.29, 1.82) is 0 Å². The van der Waals surface area contributed by atoms with Crippen molar-refractivity contribution >= 4 is 52.4 Å². The minimum absolute atomic E-state index is 0.193. The van der Waals surface area contributed by atoms with Gasteiger partial charge in [0, 0.05) is 10.7 Å². The maximum Gasteiger partial charge on any atom is 0.335 e. The monoisotopic (exact) mass is 409 g/mol. The molecule has 4 rings (SSSR count). The lowest BCUT2D eigenvalue weighted by Gasteiger charge is -2.09. The SMILES string of the molecule is O=C(O)c1ccc(C=NNc2nc3nonc3nc2Nc2cccc(Cl)c2)cc1. The number of rotatable bonds is 6. The summed E-state index contributed by atoms with van der Waals surface area (Å²) in [6, 6.07) is 13.3. The molecule has 2 aromatic carbocycles. The van der Waals surface area contributed by atoms with Crippen molar-refractivity contribution in [2.45, 2.75) is 0 Å². The predicted octanol–water partition coefficient (Wildman–Crippen LogP) is 3.55.